The summed E-state index contributed by atoms with van der Waals surface area (Å²) in [6.45, 7) is 3.65. The molecule has 0 amide bonds. The second kappa shape index (κ2) is 5.01. The van der Waals surface area contributed by atoms with Gasteiger partial charge in [0.2, 0.25) is 0 Å². The zero-order chi connectivity index (χ0) is 12.5. The van der Waals surface area contributed by atoms with Crippen molar-refractivity contribution in [3.63, 3.8) is 0 Å². The monoisotopic (exact) mass is 311 g/mol. The zero-order valence-electron chi connectivity index (χ0n) is 10.5. The molecule has 1 aromatic heterocycles. The molecule has 5 nitrogen and oxygen atoms in total. The summed E-state index contributed by atoms with van der Waals surface area (Å²) in [7, 11) is 1.87. The van der Waals surface area contributed by atoms with Crippen LogP contribution in [0.5, 0.6) is 0 Å². The molecule has 4 rings (SSSR count). The van der Waals surface area contributed by atoms with Crippen molar-refractivity contribution in [3.8, 4) is 0 Å². The lowest BCUT2D eigenvalue weighted by Crippen LogP contribution is -2.53. The molecule has 0 aromatic carbocycles. The number of anilines is 2. The van der Waals surface area contributed by atoms with Crippen LogP contribution in [0.2, 0.25) is 0 Å². The van der Waals surface area contributed by atoms with E-state index in [1.807, 2.05) is 7.05 Å². The maximum absolute atomic E-state index is 4.34. The van der Waals surface area contributed by atoms with Crippen LogP contribution in [0.3, 0.4) is 0 Å². The second-order valence-corrected chi connectivity index (χ2v) is 5.82. The fourth-order valence-corrected chi connectivity index (χ4v) is 3.47. The number of hydrogen-bond donors (Lipinski definition) is 2. The minimum absolute atomic E-state index is 0.517. The van der Waals surface area contributed by atoms with Crippen molar-refractivity contribution >= 4 is 27.6 Å². The highest BCUT2D eigenvalue weighted by molar-refractivity contribution is 9.10. The molecular formula is C12H18BrN5. The fraction of sp³-hybridized carbons (Fsp3) is 0.667. The Kier molecular flexibility index (Phi) is 3.39. The van der Waals surface area contributed by atoms with Crippen molar-refractivity contribution in [1.29, 1.82) is 0 Å². The molecule has 0 aliphatic carbocycles. The van der Waals surface area contributed by atoms with Gasteiger partial charge in [0.25, 0.3) is 0 Å². The van der Waals surface area contributed by atoms with E-state index in [4.69, 9.17) is 0 Å². The molecule has 4 heterocycles. The van der Waals surface area contributed by atoms with Gasteiger partial charge in [0.05, 0.1) is 0 Å². The van der Waals surface area contributed by atoms with Crippen LogP contribution in [-0.2, 0) is 0 Å². The van der Waals surface area contributed by atoms with Gasteiger partial charge >= 0.3 is 0 Å². The number of hydrogen-bond acceptors (Lipinski definition) is 5. The van der Waals surface area contributed by atoms with E-state index in [9.17, 15) is 0 Å². The van der Waals surface area contributed by atoms with Crippen molar-refractivity contribution in [2.45, 2.75) is 18.9 Å². The van der Waals surface area contributed by atoms with Crippen molar-refractivity contribution < 1.29 is 0 Å². The van der Waals surface area contributed by atoms with E-state index >= 15 is 0 Å². The Labute approximate surface area is 116 Å². The number of aromatic nitrogens is 2. The quantitative estimate of drug-likeness (QED) is 0.891. The molecule has 3 saturated heterocycles. The molecule has 0 spiro atoms. The first kappa shape index (κ1) is 12.2. The normalized spacial score (nSPS) is 30.2. The summed E-state index contributed by atoms with van der Waals surface area (Å²) < 4.78 is 0.920. The Bertz CT molecular complexity index is 430. The summed E-state index contributed by atoms with van der Waals surface area (Å²) in [5.74, 6) is 2.51. The van der Waals surface area contributed by atoms with Crippen LogP contribution in [0.15, 0.2) is 10.8 Å². The average molecular weight is 312 g/mol. The number of piperidine rings is 3. The topological polar surface area (TPSA) is 53.1 Å². The second-order valence-electron chi connectivity index (χ2n) is 5.02. The Balaban J connectivity index is 1.76. The molecule has 0 saturated carbocycles. The number of rotatable bonds is 3. The maximum atomic E-state index is 4.34. The van der Waals surface area contributed by atoms with Crippen LogP contribution in [0.4, 0.5) is 11.6 Å². The summed E-state index contributed by atoms with van der Waals surface area (Å²) in [5, 5.41) is 6.63. The Morgan fingerprint density at radius 2 is 2.00 bits per heavy atom. The van der Waals surface area contributed by atoms with Crippen LogP contribution < -0.4 is 10.6 Å². The molecule has 3 aliphatic heterocycles. The van der Waals surface area contributed by atoms with Gasteiger partial charge in [-0.05, 0) is 47.8 Å². The van der Waals surface area contributed by atoms with E-state index in [1.165, 1.54) is 25.9 Å². The molecule has 1 aromatic rings. The van der Waals surface area contributed by atoms with Crippen molar-refractivity contribution in [3.05, 3.63) is 10.8 Å². The molecule has 6 heteroatoms. The first-order valence-electron chi connectivity index (χ1n) is 6.45. The third kappa shape index (κ3) is 2.19. The maximum Gasteiger partial charge on any atom is 0.146 e. The minimum Gasteiger partial charge on any atom is -0.372 e. The molecule has 1 atom stereocenters. The Morgan fingerprint density at radius 3 is 2.61 bits per heavy atom. The third-order valence-electron chi connectivity index (χ3n) is 4.00. The van der Waals surface area contributed by atoms with Gasteiger partial charge in [-0.3, -0.25) is 0 Å². The van der Waals surface area contributed by atoms with Crippen LogP contribution in [0, 0.1) is 5.92 Å². The predicted molar refractivity (Wildman–Crippen MR) is 75.9 cm³/mol. The molecule has 18 heavy (non-hydrogen) atoms. The van der Waals surface area contributed by atoms with Gasteiger partial charge in [-0.25, -0.2) is 9.97 Å². The van der Waals surface area contributed by atoms with E-state index in [2.05, 4.69) is 41.4 Å². The standard InChI is InChI=1S/C12H18BrN5/c1-14-11-10(13)12(16-7-15-11)17-9-6-18-4-2-8(9)3-5-18/h7-9H,2-6H2,1H3,(H2,14,15,16,17). The third-order valence-corrected chi connectivity index (χ3v) is 4.76. The van der Waals surface area contributed by atoms with Crippen LogP contribution >= 0.6 is 15.9 Å². The van der Waals surface area contributed by atoms with Gasteiger partial charge in [-0.2, -0.15) is 0 Å². The van der Waals surface area contributed by atoms with Crippen LogP contribution in [-0.4, -0.2) is 47.6 Å². The molecule has 1 unspecified atom stereocenters. The summed E-state index contributed by atoms with van der Waals surface area (Å²) in [4.78, 5) is 11.0. The summed E-state index contributed by atoms with van der Waals surface area (Å²) >= 11 is 3.56. The van der Waals surface area contributed by atoms with Gasteiger partial charge in [-0.15, -0.1) is 0 Å². The summed E-state index contributed by atoms with van der Waals surface area (Å²) in [5.41, 5.74) is 0. The largest absolute Gasteiger partial charge is 0.372 e. The smallest absolute Gasteiger partial charge is 0.146 e. The van der Waals surface area contributed by atoms with Crippen molar-refractivity contribution in [2.24, 2.45) is 5.92 Å². The van der Waals surface area contributed by atoms with E-state index in [1.54, 1.807) is 6.33 Å². The van der Waals surface area contributed by atoms with Gasteiger partial charge in [0.1, 0.15) is 22.4 Å². The van der Waals surface area contributed by atoms with Crippen molar-refractivity contribution in [2.75, 3.05) is 37.3 Å². The highest BCUT2D eigenvalue weighted by Crippen LogP contribution is 2.32. The molecule has 3 aliphatic rings. The first-order chi connectivity index (χ1) is 8.78. The van der Waals surface area contributed by atoms with Gasteiger partial charge in [0, 0.05) is 19.6 Å². The molecule has 0 radical (unpaired) electrons. The molecule has 2 N–H and O–H groups in total. The zero-order valence-corrected chi connectivity index (χ0v) is 12.1. The van der Waals surface area contributed by atoms with Gasteiger partial charge < -0.3 is 15.5 Å². The van der Waals surface area contributed by atoms with Gasteiger partial charge in [-0.1, -0.05) is 0 Å². The highest BCUT2D eigenvalue weighted by atomic mass is 79.9. The van der Waals surface area contributed by atoms with Crippen molar-refractivity contribution in [1.82, 2.24) is 14.9 Å². The molecule has 98 valence electrons. The SMILES string of the molecule is CNc1ncnc(NC2CN3CCC2CC3)c1Br. The van der Waals surface area contributed by atoms with E-state index < -0.39 is 0 Å². The highest BCUT2D eigenvalue weighted by Gasteiger charge is 2.34. The van der Waals surface area contributed by atoms with E-state index in [0.717, 1.165) is 28.6 Å². The lowest BCUT2D eigenvalue weighted by molar-refractivity contribution is 0.0973. The predicted octanol–water partition coefficient (Wildman–Crippen LogP) is 1.79. The van der Waals surface area contributed by atoms with Gasteiger partial charge in [0.15, 0.2) is 0 Å². The fourth-order valence-electron chi connectivity index (χ4n) is 2.95. The lowest BCUT2D eigenvalue weighted by Gasteiger charge is -2.45. The van der Waals surface area contributed by atoms with Crippen LogP contribution in [0.25, 0.3) is 0 Å². The molecular weight excluding hydrogens is 294 g/mol. The number of nitrogens with one attached hydrogen (secondary N) is 2. The number of nitrogens with zero attached hydrogens (tertiary/aromatic N) is 3. The number of halogens is 1. The van der Waals surface area contributed by atoms with E-state index in [0.29, 0.717) is 6.04 Å². The summed E-state index contributed by atoms with van der Waals surface area (Å²) in [6.07, 6.45) is 4.21. The average Bonchev–Trinajstić information content (AvgIpc) is 2.42. The summed E-state index contributed by atoms with van der Waals surface area (Å²) in [6, 6.07) is 0.517. The molecule has 3 fully saturated rings. The van der Waals surface area contributed by atoms with Crippen LogP contribution in [0.1, 0.15) is 12.8 Å². The lowest BCUT2D eigenvalue weighted by atomic mass is 9.84. The van der Waals surface area contributed by atoms with E-state index in [-0.39, 0.29) is 0 Å². The molecule has 2 bridgehead atoms. The number of fused-ring (bicyclic) bond motifs is 3. The first-order valence-corrected chi connectivity index (χ1v) is 7.24. The Hall–Kier alpha value is -0.880. The minimum atomic E-state index is 0.517. The Morgan fingerprint density at radius 1 is 1.28 bits per heavy atom.